The second kappa shape index (κ2) is 7.00. The normalized spacial score (nSPS) is 11.7. The zero-order valence-corrected chi connectivity index (χ0v) is 9.19. The quantitative estimate of drug-likeness (QED) is 0.587. The number of amides is 2. The Hall–Kier alpha value is -1.36. The van der Waals surface area contributed by atoms with Crippen LogP contribution >= 0.6 is 0 Å². The zero-order chi connectivity index (χ0) is 11.8. The number of hydrogen-bond acceptors (Lipinski definition) is 3. The first-order valence-corrected chi connectivity index (χ1v) is 4.80. The topological polar surface area (TPSA) is 69.6 Å². The lowest BCUT2D eigenvalue weighted by Gasteiger charge is -2.23. The van der Waals surface area contributed by atoms with Crippen molar-refractivity contribution in [3.63, 3.8) is 0 Å². The molecule has 5 heteroatoms. The highest BCUT2D eigenvalue weighted by Gasteiger charge is 2.19. The first-order chi connectivity index (χ1) is 7.02. The third kappa shape index (κ3) is 5.17. The van der Waals surface area contributed by atoms with E-state index in [-0.39, 0.29) is 25.0 Å². The molecule has 0 heterocycles. The van der Waals surface area contributed by atoms with Gasteiger partial charge in [-0.05, 0) is 6.92 Å². The standard InChI is InChI=1S/C10H18N2O3/c1-4-5-12(6-7-13)10(15)8(2)11-9(3)14/h4,8,13H,1,5-7H2,2-3H3,(H,11,14). The molecule has 2 N–H and O–H groups in total. The van der Waals surface area contributed by atoms with Gasteiger partial charge in [0.15, 0.2) is 0 Å². The molecule has 0 aromatic rings. The largest absolute Gasteiger partial charge is 0.395 e. The van der Waals surface area contributed by atoms with Crippen molar-refractivity contribution in [1.82, 2.24) is 10.2 Å². The predicted octanol–water partition coefficient (Wildman–Crippen LogP) is -0.482. The highest BCUT2D eigenvalue weighted by molar-refractivity contribution is 5.86. The van der Waals surface area contributed by atoms with Crippen molar-refractivity contribution in [2.75, 3.05) is 19.7 Å². The summed E-state index contributed by atoms with van der Waals surface area (Å²) in [4.78, 5) is 23.9. The van der Waals surface area contributed by atoms with Crippen molar-refractivity contribution in [2.45, 2.75) is 19.9 Å². The molecule has 0 fully saturated rings. The molecule has 0 bridgehead atoms. The van der Waals surface area contributed by atoms with Crippen molar-refractivity contribution in [3.05, 3.63) is 12.7 Å². The summed E-state index contributed by atoms with van der Waals surface area (Å²) in [5, 5.41) is 11.3. The van der Waals surface area contributed by atoms with Crippen LogP contribution in [0.3, 0.4) is 0 Å². The number of carbonyl (C=O) groups is 2. The van der Waals surface area contributed by atoms with Gasteiger partial charge >= 0.3 is 0 Å². The average molecular weight is 214 g/mol. The zero-order valence-electron chi connectivity index (χ0n) is 9.19. The predicted molar refractivity (Wildman–Crippen MR) is 57.1 cm³/mol. The fraction of sp³-hybridized carbons (Fsp3) is 0.600. The Bertz CT molecular complexity index is 241. The van der Waals surface area contributed by atoms with Crippen molar-refractivity contribution in [1.29, 1.82) is 0 Å². The van der Waals surface area contributed by atoms with E-state index in [9.17, 15) is 9.59 Å². The minimum atomic E-state index is -0.575. The summed E-state index contributed by atoms with van der Waals surface area (Å²) in [5.74, 6) is -0.474. The van der Waals surface area contributed by atoms with Crippen LogP contribution in [0.1, 0.15) is 13.8 Å². The van der Waals surface area contributed by atoms with Crippen LogP contribution in [0.25, 0.3) is 0 Å². The van der Waals surface area contributed by atoms with Crippen molar-refractivity contribution >= 4 is 11.8 Å². The van der Waals surface area contributed by atoms with Crippen LogP contribution in [0.4, 0.5) is 0 Å². The van der Waals surface area contributed by atoms with E-state index < -0.39 is 6.04 Å². The van der Waals surface area contributed by atoms with Crippen molar-refractivity contribution < 1.29 is 14.7 Å². The SMILES string of the molecule is C=CCN(CCO)C(=O)C(C)NC(C)=O. The minimum absolute atomic E-state index is 0.105. The van der Waals surface area contributed by atoms with E-state index in [4.69, 9.17) is 5.11 Å². The summed E-state index contributed by atoms with van der Waals surface area (Å²) in [6.45, 7) is 6.99. The molecule has 0 aromatic carbocycles. The molecular weight excluding hydrogens is 196 g/mol. The van der Waals surface area contributed by atoms with Gasteiger partial charge < -0.3 is 15.3 Å². The van der Waals surface area contributed by atoms with Crippen LogP contribution in [0, 0.1) is 0 Å². The highest BCUT2D eigenvalue weighted by Crippen LogP contribution is 1.95. The van der Waals surface area contributed by atoms with Crippen LogP contribution in [0.2, 0.25) is 0 Å². The molecule has 0 radical (unpaired) electrons. The summed E-state index contributed by atoms with van der Waals surface area (Å²) in [5.41, 5.74) is 0. The van der Waals surface area contributed by atoms with Gasteiger partial charge in [-0.1, -0.05) is 6.08 Å². The molecule has 1 unspecified atom stereocenters. The average Bonchev–Trinajstić information content (AvgIpc) is 2.15. The van der Waals surface area contributed by atoms with E-state index in [1.54, 1.807) is 13.0 Å². The van der Waals surface area contributed by atoms with Crippen molar-refractivity contribution in [3.8, 4) is 0 Å². The molecule has 0 aliphatic carbocycles. The Balaban J connectivity index is 4.33. The summed E-state index contributed by atoms with van der Waals surface area (Å²) in [6.07, 6.45) is 1.58. The lowest BCUT2D eigenvalue weighted by atomic mass is 10.2. The van der Waals surface area contributed by atoms with E-state index >= 15 is 0 Å². The Morgan fingerprint density at radius 2 is 2.20 bits per heavy atom. The lowest BCUT2D eigenvalue weighted by molar-refractivity contribution is -0.135. The van der Waals surface area contributed by atoms with Gasteiger partial charge in [0, 0.05) is 20.0 Å². The summed E-state index contributed by atoms with van der Waals surface area (Å²) < 4.78 is 0. The van der Waals surface area contributed by atoms with Crippen LogP contribution < -0.4 is 5.32 Å². The number of nitrogens with zero attached hydrogens (tertiary/aromatic N) is 1. The molecule has 5 nitrogen and oxygen atoms in total. The molecule has 86 valence electrons. The van der Waals surface area contributed by atoms with Crippen LogP contribution in [0.5, 0.6) is 0 Å². The number of hydrogen-bond donors (Lipinski definition) is 2. The number of rotatable bonds is 6. The van der Waals surface area contributed by atoms with E-state index in [1.165, 1.54) is 11.8 Å². The number of aliphatic hydroxyl groups is 1. The van der Waals surface area contributed by atoms with Gasteiger partial charge in [-0.3, -0.25) is 9.59 Å². The molecule has 0 saturated heterocycles. The van der Waals surface area contributed by atoms with Gasteiger partial charge in [-0.2, -0.15) is 0 Å². The highest BCUT2D eigenvalue weighted by atomic mass is 16.3. The molecule has 0 rings (SSSR count). The minimum Gasteiger partial charge on any atom is -0.395 e. The molecular formula is C10H18N2O3. The van der Waals surface area contributed by atoms with E-state index in [1.807, 2.05) is 0 Å². The Kier molecular flexibility index (Phi) is 6.37. The van der Waals surface area contributed by atoms with E-state index in [2.05, 4.69) is 11.9 Å². The Morgan fingerprint density at radius 1 is 1.60 bits per heavy atom. The Labute approximate surface area is 89.8 Å². The third-order valence-electron chi connectivity index (χ3n) is 1.82. The molecule has 2 amide bonds. The molecule has 0 aliphatic heterocycles. The van der Waals surface area contributed by atoms with Crippen LogP contribution in [-0.2, 0) is 9.59 Å². The van der Waals surface area contributed by atoms with Gasteiger partial charge in [0.05, 0.1) is 6.61 Å². The smallest absolute Gasteiger partial charge is 0.245 e. The molecule has 15 heavy (non-hydrogen) atoms. The third-order valence-corrected chi connectivity index (χ3v) is 1.82. The monoisotopic (exact) mass is 214 g/mol. The van der Waals surface area contributed by atoms with E-state index in [0.717, 1.165) is 0 Å². The summed E-state index contributed by atoms with van der Waals surface area (Å²) in [7, 11) is 0. The van der Waals surface area contributed by atoms with Crippen molar-refractivity contribution in [2.24, 2.45) is 0 Å². The van der Waals surface area contributed by atoms with Crippen LogP contribution in [0.15, 0.2) is 12.7 Å². The number of carbonyl (C=O) groups excluding carboxylic acids is 2. The maximum atomic E-state index is 11.7. The second-order valence-corrected chi connectivity index (χ2v) is 3.22. The Morgan fingerprint density at radius 3 is 2.60 bits per heavy atom. The molecule has 0 spiro atoms. The molecule has 0 saturated carbocycles. The maximum absolute atomic E-state index is 11.7. The fourth-order valence-electron chi connectivity index (χ4n) is 1.21. The number of aliphatic hydroxyl groups excluding tert-OH is 1. The van der Waals surface area contributed by atoms with Crippen LogP contribution in [-0.4, -0.2) is 47.6 Å². The van der Waals surface area contributed by atoms with Gasteiger partial charge in [-0.15, -0.1) is 6.58 Å². The van der Waals surface area contributed by atoms with Gasteiger partial charge in [0.1, 0.15) is 6.04 Å². The number of nitrogens with one attached hydrogen (secondary N) is 1. The second-order valence-electron chi connectivity index (χ2n) is 3.22. The lowest BCUT2D eigenvalue weighted by Crippen LogP contribution is -2.47. The van der Waals surface area contributed by atoms with Gasteiger partial charge in [-0.25, -0.2) is 0 Å². The molecule has 1 atom stereocenters. The van der Waals surface area contributed by atoms with E-state index in [0.29, 0.717) is 6.54 Å². The molecule has 0 aromatic heterocycles. The fourth-order valence-corrected chi connectivity index (χ4v) is 1.21. The first-order valence-electron chi connectivity index (χ1n) is 4.80. The van der Waals surface area contributed by atoms with Gasteiger partial charge in [0.25, 0.3) is 0 Å². The summed E-state index contributed by atoms with van der Waals surface area (Å²) >= 11 is 0. The first kappa shape index (κ1) is 13.6. The molecule has 0 aliphatic rings. The summed E-state index contributed by atoms with van der Waals surface area (Å²) in [6, 6.07) is -0.575. The van der Waals surface area contributed by atoms with Gasteiger partial charge in [0.2, 0.25) is 11.8 Å². The maximum Gasteiger partial charge on any atom is 0.245 e.